The Labute approximate surface area is 147 Å². The van der Waals surface area contributed by atoms with Crippen molar-refractivity contribution in [1.82, 2.24) is 4.90 Å². The van der Waals surface area contributed by atoms with Gasteiger partial charge in [0.15, 0.2) is 0 Å². The average Bonchev–Trinajstić information content (AvgIpc) is 2.77. The first-order chi connectivity index (χ1) is 11.3. The molecule has 1 aromatic carbocycles. The Balaban J connectivity index is 2.10. The van der Waals surface area contributed by atoms with Gasteiger partial charge in [0.1, 0.15) is 5.75 Å². The van der Waals surface area contributed by atoms with Crippen LogP contribution in [0.4, 0.5) is 4.79 Å². The molecule has 1 fully saturated rings. The topological polar surface area (TPSA) is 57.6 Å². The molecule has 0 saturated carbocycles. The van der Waals surface area contributed by atoms with Gasteiger partial charge < -0.3 is 5.11 Å². The van der Waals surface area contributed by atoms with E-state index in [2.05, 4.69) is 20.8 Å². The van der Waals surface area contributed by atoms with Gasteiger partial charge in [-0.2, -0.15) is 0 Å². The van der Waals surface area contributed by atoms with Crippen LogP contribution >= 0.6 is 11.8 Å². The van der Waals surface area contributed by atoms with Crippen LogP contribution in [-0.4, -0.2) is 27.7 Å². The zero-order chi connectivity index (χ0) is 17.7. The number of benzene rings is 1. The minimum absolute atomic E-state index is 0.0919. The largest absolute Gasteiger partial charge is 0.507 e. The van der Waals surface area contributed by atoms with Crippen LogP contribution in [0.5, 0.6) is 5.75 Å². The summed E-state index contributed by atoms with van der Waals surface area (Å²) in [6.45, 7) is 6.78. The predicted molar refractivity (Wildman–Crippen MR) is 98.7 cm³/mol. The molecule has 4 nitrogen and oxygen atoms in total. The van der Waals surface area contributed by atoms with E-state index in [4.69, 9.17) is 0 Å². The SMILES string of the molecule is CCCCCC(C)(C)CN1C(=O)S/C(=C\c2ccccc2O)C1=O. The maximum atomic E-state index is 12.6. The summed E-state index contributed by atoms with van der Waals surface area (Å²) in [5.41, 5.74) is 0.455. The molecule has 0 aliphatic carbocycles. The second-order valence-corrected chi connectivity index (χ2v) is 7.94. The Morgan fingerprint density at radius 2 is 1.92 bits per heavy atom. The van der Waals surface area contributed by atoms with Crippen molar-refractivity contribution in [3.8, 4) is 5.75 Å². The molecule has 0 atom stereocenters. The molecule has 2 rings (SSSR count). The normalized spacial score (nSPS) is 17.1. The van der Waals surface area contributed by atoms with Crippen molar-refractivity contribution in [3.63, 3.8) is 0 Å². The van der Waals surface area contributed by atoms with Crippen LogP contribution in [0.3, 0.4) is 0 Å². The number of aromatic hydroxyl groups is 1. The van der Waals surface area contributed by atoms with Gasteiger partial charge in [0.05, 0.1) is 4.91 Å². The van der Waals surface area contributed by atoms with Crippen LogP contribution in [0.1, 0.15) is 52.0 Å². The van der Waals surface area contributed by atoms with Gasteiger partial charge in [-0.1, -0.05) is 58.2 Å². The van der Waals surface area contributed by atoms with Crippen LogP contribution in [0.2, 0.25) is 0 Å². The minimum atomic E-state index is -0.267. The van der Waals surface area contributed by atoms with Crippen molar-refractivity contribution < 1.29 is 14.7 Å². The van der Waals surface area contributed by atoms with Gasteiger partial charge in [0.25, 0.3) is 11.1 Å². The second-order valence-electron chi connectivity index (χ2n) is 6.95. The maximum absolute atomic E-state index is 12.6. The number of unbranched alkanes of at least 4 members (excludes halogenated alkanes) is 2. The van der Waals surface area contributed by atoms with Gasteiger partial charge in [-0.15, -0.1) is 0 Å². The smallest absolute Gasteiger partial charge is 0.293 e. The predicted octanol–water partition coefficient (Wildman–Crippen LogP) is 5.04. The monoisotopic (exact) mass is 347 g/mol. The molecule has 2 amide bonds. The minimum Gasteiger partial charge on any atom is -0.507 e. The number of phenolic OH excluding ortho intramolecular Hbond substituents is 1. The number of hydrogen-bond donors (Lipinski definition) is 1. The Morgan fingerprint density at radius 1 is 1.21 bits per heavy atom. The van der Waals surface area contributed by atoms with Crippen LogP contribution < -0.4 is 0 Å². The third kappa shape index (κ3) is 4.63. The summed E-state index contributed by atoms with van der Waals surface area (Å²) in [7, 11) is 0. The Hall–Kier alpha value is -1.75. The lowest BCUT2D eigenvalue weighted by Gasteiger charge is -2.28. The van der Waals surface area contributed by atoms with E-state index >= 15 is 0 Å². The number of carbonyl (C=O) groups excluding carboxylic acids is 2. The van der Waals surface area contributed by atoms with Crippen molar-refractivity contribution in [2.75, 3.05) is 6.54 Å². The standard InChI is InChI=1S/C19H25NO3S/c1-4-5-8-11-19(2,3)13-20-17(22)16(24-18(20)23)12-14-9-6-7-10-15(14)21/h6-7,9-10,12,21H,4-5,8,11,13H2,1-3H3/b16-12-. The number of rotatable bonds is 7. The van der Waals surface area contributed by atoms with E-state index in [-0.39, 0.29) is 22.3 Å². The van der Waals surface area contributed by atoms with E-state index in [9.17, 15) is 14.7 Å². The van der Waals surface area contributed by atoms with Crippen LogP contribution in [0.25, 0.3) is 6.08 Å². The molecular formula is C19H25NO3S. The molecule has 0 aromatic heterocycles. The van der Waals surface area contributed by atoms with Crippen molar-refractivity contribution in [2.45, 2.75) is 46.5 Å². The zero-order valence-corrected chi connectivity index (χ0v) is 15.4. The lowest BCUT2D eigenvalue weighted by atomic mass is 9.86. The zero-order valence-electron chi connectivity index (χ0n) is 14.5. The van der Waals surface area contributed by atoms with Crippen LogP contribution in [-0.2, 0) is 4.79 Å². The summed E-state index contributed by atoms with van der Waals surface area (Å²) in [6.07, 6.45) is 6.00. The molecule has 1 N–H and O–H groups in total. The highest BCUT2D eigenvalue weighted by molar-refractivity contribution is 8.18. The lowest BCUT2D eigenvalue weighted by molar-refractivity contribution is -0.123. The molecule has 5 heteroatoms. The van der Waals surface area contributed by atoms with Gasteiger partial charge in [0.2, 0.25) is 0 Å². The van der Waals surface area contributed by atoms with Crippen molar-refractivity contribution in [3.05, 3.63) is 34.7 Å². The maximum Gasteiger partial charge on any atom is 0.293 e. The molecule has 0 spiro atoms. The fourth-order valence-electron chi connectivity index (χ4n) is 2.75. The van der Waals surface area contributed by atoms with Gasteiger partial charge in [-0.3, -0.25) is 14.5 Å². The van der Waals surface area contributed by atoms with Crippen LogP contribution in [0, 0.1) is 5.41 Å². The number of amides is 2. The highest BCUT2D eigenvalue weighted by Crippen LogP contribution is 2.36. The number of thioether (sulfide) groups is 1. The Morgan fingerprint density at radius 3 is 2.58 bits per heavy atom. The molecule has 1 saturated heterocycles. The van der Waals surface area contributed by atoms with Gasteiger partial charge in [-0.05, 0) is 35.7 Å². The first kappa shape index (κ1) is 18.6. The molecule has 0 radical (unpaired) electrons. The number of carbonyl (C=O) groups is 2. The number of phenols is 1. The fraction of sp³-hybridized carbons (Fsp3) is 0.474. The van der Waals surface area contributed by atoms with E-state index < -0.39 is 0 Å². The molecule has 130 valence electrons. The molecule has 1 aliphatic rings. The highest BCUT2D eigenvalue weighted by atomic mass is 32.2. The summed E-state index contributed by atoms with van der Waals surface area (Å²) in [5.74, 6) is -0.166. The summed E-state index contributed by atoms with van der Waals surface area (Å²) >= 11 is 0.942. The molecule has 0 bridgehead atoms. The first-order valence-electron chi connectivity index (χ1n) is 8.37. The van der Waals surface area contributed by atoms with E-state index in [1.165, 1.54) is 11.3 Å². The van der Waals surface area contributed by atoms with Crippen molar-refractivity contribution in [2.24, 2.45) is 5.41 Å². The first-order valence-corrected chi connectivity index (χ1v) is 9.19. The van der Waals surface area contributed by atoms with E-state index in [0.717, 1.165) is 31.0 Å². The third-order valence-corrected chi connectivity index (χ3v) is 5.05. The lowest BCUT2D eigenvalue weighted by Crippen LogP contribution is -2.37. The van der Waals surface area contributed by atoms with Crippen molar-refractivity contribution in [1.29, 1.82) is 0 Å². The van der Waals surface area contributed by atoms with Gasteiger partial charge in [0, 0.05) is 12.1 Å². The molecular weight excluding hydrogens is 322 g/mol. The van der Waals surface area contributed by atoms with Gasteiger partial charge in [-0.25, -0.2) is 0 Å². The highest BCUT2D eigenvalue weighted by Gasteiger charge is 2.38. The summed E-state index contributed by atoms with van der Waals surface area (Å²) < 4.78 is 0. The summed E-state index contributed by atoms with van der Waals surface area (Å²) in [5, 5.41) is 9.60. The number of para-hydroxylation sites is 1. The molecule has 24 heavy (non-hydrogen) atoms. The van der Waals surface area contributed by atoms with E-state index in [1.54, 1.807) is 30.3 Å². The third-order valence-electron chi connectivity index (χ3n) is 4.14. The summed E-state index contributed by atoms with van der Waals surface area (Å²) in [4.78, 5) is 26.5. The summed E-state index contributed by atoms with van der Waals surface area (Å²) in [6, 6.07) is 6.79. The van der Waals surface area contributed by atoms with Gasteiger partial charge >= 0.3 is 0 Å². The van der Waals surface area contributed by atoms with Crippen LogP contribution in [0.15, 0.2) is 29.2 Å². The van der Waals surface area contributed by atoms with E-state index in [1.807, 2.05) is 0 Å². The number of imide groups is 1. The average molecular weight is 347 g/mol. The molecule has 0 unspecified atom stereocenters. The quantitative estimate of drug-likeness (QED) is 0.555. The van der Waals surface area contributed by atoms with E-state index in [0.29, 0.717) is 17.0 Å². The molecule has 1 aliphatic heterocycles. The fourth-order valence-corrected chi connectivity index (χ4v) is 3.58. The molecule has 1 aromatic rings. The Kier molecular flexibility index (Phi) is 6.10. The van der Waals surface area contributed by atoms with Crippen molar-refractivity contribution >= 4 is 29.0 Å². The number of hydrogen-bond acceptors (Lipinski definition) is 4. The number of nitrogens with zero attached hydrogens (tertiary/aromatic N) is 1. The molecule has 1 heterocycles. The second kappa shape index (κ2) is 7.88. The Bertz CT molecular complexity index is 652.